The van der Waals surface area contributed by atoms with Gasteiger partial charge in [-0.2, -0.15) is 0 Å². The molecule has 3 nitrogen and oxygen atoms in total. The molecule has 0 radical (unpaired) electrons. The van der Waals surface area contributed by atoms with Gasteiger partial charge >= 0.3 is 0 Å². The van der Waals surface area contributed by atoms with E-state index < -0.39 is 0 Å². The molecule has 3 N–H and O–H groups in total. The minimum absolute atomic E-state index is 0.254. The van der Waals surface area contributed by atoms with E-state index in [-0.39, 0.29) is 6.10 Å². The summed E-state index contributed by atoms with van der Waals surface area (Å²) in [6.45, 7) is 8.53. The van der Waals surface area contributed by atoms with Crippen LogP contribution < -0.4 is 5.73 Å². The third-order valence-electron chi connectivity index (χ3n) is 5.37. The minimum Gasteiger partial charge on any atom is -0.392 e. The normalized spacial score (nSPS) is 41.8. The van der Waals surface area contributed by atoms with E-state index in [0.717, 1.165) is 32.0 Å². The molecular weight excluding hydrogens is 351 g/mol. The van der Waals surface area contributed by atoms with Crippen LogP contribution in [0.5, 0.6) is 0 Å². The quantitative estimate of drug-likeness (QED) is 0.582. The first-order chi connectivity index (χ1) is 8.88. The first-order valence-corrected chi connectivity index (χ1v) is 8.76. The van der Waals surface area contributed by atoms with Crippen LogP contribution in [0.15, 0.2) is 0 Å². The number of nitrogens with zero attached hydrogens (tertiary/aromatic N) is 1. The van der Waals surface area contributed by atoms with Crippen molar-refractivity contribution in [1.82, 2.24) is 4.90 Å². The maximum absolute atomic E-state index is 9.97. The highest BCUT2D eigenvalue weighted by molar-refractivity contribution is 14.1. The number of fused-ring (bicyclic) bond motifs is 1. The fraction of sp³-hybridized carbons (Fsp3) is 1.00. The smallest absolute Gasteiger partial charge is 0.0679 e. The summed E-state index contributed by atoms with van der Waals surface area (Å²) in [5, 5.41) is 9.97. The van der Waals surface area contributed by atoms with E-state index in [1.807, 2.05) is 0 Å². The summed E-state index contributed by atoms with van der Waals surface area (Å²) < 4.78 is 0.392. The van der Waals surface area contributed by atoms with E-state index in [1.165, 1.54) is 25.7 Å². The Morgan fingerprint density at radius 1 is 1.47 bits per heavy atom. The number of rotatable bonds is 4. The van der Waals surface area contributed by atoms with Gasteiger partial charge in [-0.15, -0.1) is 0 Å². The predicted octanol–water partition coefficient (Wildman–Crippen LogP) is 2.40. The number of aliphatic hydroxyl groups excluding tert-OH is 1. The van der Waals surface area contributed by atoms with Gasteiger partial charge in [0.15, 0.2) is 0 Å². The van der Waals surface area contributed by atoms with Crippen LogP contribution in [0.2, 0.25) is 0 Å². The Bertz CT molecular complexity index is 315. The summed E-state index contributed by atoms with van der Waals surface area (Å²) in [7, 11) is 0. The number of aliphatic hydroxyl groups is 1. The minimum atomic E-state index is -0.254. The van der Waals surface area contributed by atoms with Crippen molar-refractivity contribution in [2.24, 2.45) is 17.1 Å². The average molecular weight is 380 g/mol. The van der Waals surface area contributed by atoms with Gasteiger partial charge in [-0.3, -0.25) is 4.90 Å². The van der Waals surface area contributed by atoms with Crippen molar-refractivity contribution in [2.45, 2.75) is 55.5 Å². The molecular formula is C15H29IN2O. The van der Waals surface area contributed by atoms with Crippen LogP contribution in [0.3, 0.4) is 0 Å². The lowest BCUT2D eigenvalue weighted by atomic mass is 9.61. The zero-order valence-corrected chi connectivity index (χ0v) is 14.5. The van der Waals surface area contributed by atoms with Gasteiger partial charge in [-0.25, -0.2) is 0 Å². The standard InChI is InChI=1S/C15H29IN2O/c1-12-3-5-14(2)6-8-18(10-13(19)4-7-17)11-15(14,16)9-12/h12-13,19H,3-11,17H2,1-2H3/t12-,13?,14+,15?/m0/s1. The van der Waals surface area contributed by atoms with E-state index in [1.54, 1.807) is 0 Å². The molecule has 0 aromatic heterocycles. The second-order valence-electron chi connectivity index (χ2n) is 7.09. The highest BCUT2D eigenvalue weighted by Crippen LogP contribution is 2.56. The van der Waals surface area contributed by atoms with Crippen molar-refractivity contribution in [3.8, 4) is 0 Å². The van der Waals surface area contributed by atoms with Crippen LogP contribution >= 0.6 is 22.6 Å². The summed E-state index contributed by atoms with van der Waals surface area (Å²) in [6, 6.07) is 0. The number of alkyl halides is 1. The van der Waals surface area contributed by atoms with Crippen molar-refractivity contribution < 1.29 is 5.11 Å². The number of halogens is 1. The molecule has 1 heterocycles. The number of nitrogens with two attached hydrogens (primary N) is 1. The van der Waals surface area contributed by atoms with Crippen LogP contribution in [0, 0.1) is 11.3 Å². The molecule has 0 bridgehead atoms. The lowest BCUT2D eigenvalue weighted by Crippen LogP contribution is -2.59. The highest BCUT2D eigenvalue weighted by Gasteiger charge is 2.52. The highest BCUT2D eigenvalue weighted by atomic mass is 127. The van der Waals surface area contributed by atoms with Crippen molar-refractivity contribution >= 4 is 22.6 Å². The summed E-state index contributed by atoms with van der Waals surface area (Å²) in [6.07, 6.45) is 5.83. The maximum atomic E-state index is 9.97. The Balaban J connectivity index is 1.99. The van der Waals surface area contributed by atoms with Crippen molar-refractivity contribution in [1.29, 1.82) is 0 Å². The van der Waals surface area contributed by atoms with Gasteiger partial charge in [0, 0.05) is 16.5 Å². The Morgan fingerprint density at radius 2 is 2.21 bits per heavy atom. The Morgan fingerprint density at radius 3 is 2.89 bits per heavy atom. The lowest BCUT2D eigenvalue weighted by Gasteiger charge is -2.56. The molecule has 0 aromatic carbocycles. The monoisotopic (exact) mass is 380 g/mol. The summed E-state index contributed by atoms with van der Waals surface area (Å²) in [5.41, 5.74) is 6.02. The fourth-order valence-corrected chi connectivity index (χ4v) is 5.64. The number of β-amino-alcohol motifs (C(OH)–C–C–N with tert-alkyl or cyclic N) is 1. The summed E-state index contributed by atoms with van der Waals surface area (Å²) >= 11 is 2.73. The molecule has 4 atom stereocenters. The molecule has 1 saturated heterocycles. The molecule has 0 amide bonds. The SMILES string of the molecule is C[C@H]1CC[C@]2(C)CCN(CC(O)CCN)CC2(I)C1. The molecule has 4 heteroatoms. The Labute approximate surface area is 131 Å². The second-order valence-corrected chi connectivity index (χ2v) is 9.16. The maximum Gasteiger partial charge on any atom is 0.0679 e. The van der Waals surface area contributed by atoms with Crippen LogP contribution in [0.25, 0.3) is 0 Å². The molecule has 2 unspecified atom stereocenters. The van der Waals surface area contributed by atoms with Crippen LogP contribution in [-0.4, -0.2) is 45.7 Å². The van der Waals surface area contributed by atoms with E-state index in [2.05, 4.69) is 41.3 Å². The molecule has 112 valence electrons. The zero-order chi connectivity index (χ0) is 14.1. The first-order valence-electron chi connectivity index (χ1n) is 7.68. The molecule has 1 saturated carbocycles. The van der Waals surface area contributed by atoms with Gasteiger partial charge in [-0.1, -0.05) is 42.9 Å². The fourth-order valence-electron chi connectivity index (χ4n) is 3.87. The summed E-state index contributed by atoms with van der Waals surface area (Å²) in [5.74, 6) is 0.846. The first kappa shape index (κ1) is 16.0. The largest absolute Gasteiger partial charge is 0.392 e. The molecule has 2 rings (SSSR count). The van der Waals surface area contributed by atoms with Crippen LogP contribution in [0.4, 0.5) is 0 Å². The molecule has 0 aromatic rings. The molecule has 0 spiro atoms. The van der Waals surface area contributed by atoms with Crippen molar-refractivity contribution in [2.75, 3.05) is 26.2 Å². The van der Waals surface area contributed by atoms with Crippen molar-refractivity contribution in [3.05, 3.63) is 0 Å². The number of piperidine rings is 1. The van der Waals surface area contributed by atoms with Crippen molar-refractivity contribution in [3.63, 3.8) is 0 Å². The Hall–Kier alpha value is 0.610. The topological polar surface area (TPSA) is 49.5 Å². The van der Waals surface area contributed by atoms with E-state index in [9.17, 15) is 5.11 Å². The number of likely N-dealkylation sites (tertiary alicyclic amines) is 1. The third kappa shape index (κ3) is 3.44. The lowest BCUT2D eigenvalue weighted by molar-refractivity contribution is 0.00958. The molecule has 2 aliphatic rings. The van der Waals surface area contributed by atoms with E-state index in [4.69, 9.17) is 5.73 Å². The number of hydrogen-bond acceptors (Lipinski definition) is 3. The van der Waals surface area contributed by atoms with Gasteiger partial charge in [-0.05, 0) is 50.1 Å². The number of hydrogen-bond donors (Lipinski definition) is 2. The average Bonchev–Trinajstić information content (AvgIpc) is 2.31. The second kappa shape index (κ2) is 6.16. The van der Waals surface area contributed by atoms with E-state index in [0.29, 0.717) is 15.4 Å². The van der Waals surface area contributed by atoms with Gasteiger partial charge in [0.1, 0.15) is 0 Å². The Kier molecular flexibility index (Phi) is 5.18. The van der Waals surface area contributed by atoms with Gasteiger partial charge in [0.25, 0.3) is 0 Å². The molecule has 2 fully saturated rings. The third-order valence-corrected chi connectivity index (χ3v) is 7.45. The van der Waals surface area contributed by atoms with Crippen LogP contribution in [0.1, 0.15) is 46.0 Å². The predicted molar refractivity (Wildman–Crippen MR) is 88.6 cm³/mol. The molecule has 1 aliphatic heterocycles. The molecule has 19 heavy (non-hydrogen) atoms. The summed E-state index contributed by atoms with van der Waals surface area (Å²) in [4.78, 5) is 2.46. The molecule has 1 aliphatic carbocycles. The van der Waals surface area contributed by atoms with Gasteiger partial charge < -0.3 is 10.8 Å². The van der Waals surface area contributed by atoms with E-state index >= 15 is 0 Å². The van der Waals surface area contributed by atoms with Crippen LogP contribution in [-0.2, 0) is 0 Å². The van der Waals surface area contributed by atoms with Gasteiger partial charge in [0.2, 0.25) is 0 Å². The zero-order valence-electron chi connectivity index (χ0n) is 12.4. The van der Waals surface area contributed by atoms with Gasteiger partial charge in [0.05, 0.1) is 6.10 Å².